The number of hydrogen-bond donors (Lipinski definition) is 1. The quantitative estimate of drug-likeness (QED) is 0.522. The molecule has 2 aromatic rings. The molecule has 16 heavy (non-hydrogen) atoms. The lowest BCUT2D eigenvalue weighted by atomic mass is 10.1. The summed E-state index contributed by atoms with van der Waals surface area (Å²) in [6.45, 7) is 3.58. The van der Waals surface area contributed by atoms with Crippen molar-refractivity contribution < 1.29 is 0 Å². The van der Waals surface area contributed by atoms with Gasteiger partial charge < -0.3 is 5.73 Å². The van der Waals surface area contributed by atoms with E-state index >= 15 is 0 Å². The van der Waals surface area contributed by atoms with Crippen LogP contribution in [0, 0.1) is 0 Å². The van der Waals surface area contributed by atoms with Crippen molar-refractivity contribution in [3.63, 3.8) is 0 Å². The van der Waals surface area contributed by atoms with Crippen molar-refractivity contribution in [2.24, 2.45) is 4.99 Å². The number of halogens is 1. The molecule has 2 N–H and O–H groups in total. The maximum absolute atomic E-state index is 5.98. The van der Waals surface area contributed by atoms with Crippen molar-refractivity contribution in [3.8, 4) is 0 Å². The van der Waals surface area contributed by atoms with Gasteiger partial charge in [0.05, 0.1) is 11.2 Å². The van der Waals surface area contributed by atoms with E-state index in [9.17, 15) is 0 Å². The Morgan fingerprint density at radius 2 is 2.31 bits per heavy atom. The number of benzene rings is 1. The van der Waals surface area contributed by atoms with Gasteiger partial charge in [-0.3, -0.25) is 9.98 Å². The van der Waals surface area contributed by atoms with E-state index in [-0.39, 0.29) is 0 Å². The van der Waals surface area contributed by atoms with Gasteiger partial charge in [-0.25, -0.2) is 0 Å². The second-order valence-electron chi connectivity index (χ2n) is 3.25. The summed E-state index contributed by atoms with van der Waals surface area (Å²) in [6, 6.07) is 5.75. The zero-order valence-electron chi connectivity index (χ0n) is 8.52. The summed E-state index contributed by atoms with van der Waals surface area (Å²) < 4.78 is 1.90. The van der Waals surface area contributed by atoms with Crippen LogP contribution in [0.1, 0.15) is 5.56 Å². The van der Waals surface area contributed by atoms with E-state index in [1.54, 1.807) is 6.20 Å². The number of nitrogens with zero attached hydrogens (tertiary/aromatic N) is 2. The molecule has 0 bridgehead atoms. The lowest BCUT2D eigenvalue weighted by Crippen LogP contribution is -1.92. The van der Waals surface area contributed by atoms with Crippen LogP contribution in [0.15, 0.2) is 33.5 Å². The van der Waals surface area contributed by atoms with Crippen molar-refractivity contribution in [3.05, 3.63) is 34.0 Å². The highest BCUT2D eigenvalue weighted by molar-refractivity contribution is 14.1. The molecule has 0 saturated carbocycles. The fraction of sp³-hybridized carbons (Fsp3) is 0. The monoisotopic (exact) mass is 323 g/mol. The molecule has 0 fully saturated rings. The summed E-state index contributed by atoms with van der Waals surface area (Å²) in [4.78, 5) is 8.34. The molecule has 0 aliphatic heterocycles. The summed E-state index contributed by atoms with van der Waals surface area (Å²) in [7, 11) is 0. The SMILES string of the molecule is C=Nc1c(/C=C\I)c(N)cc2cccnc12. The molecule has 4 heteroatoms. The molecule has 80 valence electrons. The summed E-state index contributed by atoms with van der Waals surface area (Å²) in [5.74, 6) is 0. The average Bonchev–Trinajstić information content (AvgIpc) is 2.30. The molecule has 0 aliphatic rings. The molecule has 1 heterocycles. The highest BCUT2D eigenvalue weighted by atomic mass is 127. The Morgan fingerprint density at radius 3 is 3.00 bits per heavy atom. The third kappa shape index (κ3) is 1.80. The van der Waals surface area contributed by atoms with Gasteiger partial charge in [0.15, 0.2) is 0 Å². The number of nitrogens with two attached hydrogens (primary N) is 1. The van der Waals surface area contributed by atoms with Gasteiger partial charge in [-0.15, -0.1) is 0 Å². The Morgan fingerprint density at radius 1 is 1.50 bits per heavy atom. The van der Waals surface area contributed by atoms with Crippen LogP contribution in [-0.4, -0.2) is 11.7 Å². The molecular formula is C12H10IN3. The van der Waals surface area contributed by atoms with E-state index in [0.717, 1.165) is 22.2 Å². The van der Waals surface area contributed by atoms with Crippen LogP contribution in [0.25, 0.3) is 17.0 Å². The van der Waals surface area contributed by atoms with Gasteiger partial charge in [0.1, 0.15) is 0 Å². The van der Waals surface area contributed by atoms with Gasteiger partial charge in [-0.05, 0) is 29.0 Å². The van der Waals surface area contributed by atoms with Crippen LogP contribution in [0.4, 0.5) is 11.4 Å². The van der Waals surface area contributed by atoms with E-state index in [1.165, 1.54) is 0 Å². The molecule has 3 nitrogen and oxygen atoms in total. The number of fused-ring (bicyclic) bond motifs is 1. The second-order valence-corrected chi connectivity index (χ2v) is 3.97. The molecule has 0 unspecified atom stereocenters. The van der Waals surface area contributed by atoms with Gasteiger partial charge in [-0.1, -0.05) is 28.7 Å². The molecule has 0 radical (unpaired) electrons. The number of anilines is 1. The zero-order valence-corrected chi connectivity index (χ0v) is 10.7. The van der Waals surface area contributed by atoms with Crippen molar-refractivity contribution in [1.29, 1.82) is 0 Å². The first-order valence-corrected chi connectivity index (χ1v) is 5.93. The third-order valence-corrected chi connectivity index (χ3v) is 2.69. The molecule has 0 atom stereocenters. The van der Waals surface area contributed by atoms with Crippen molar-refractivity contribution >= 4 is 57.7 Å². The minimum atomic E-state index is 0.691. The second kappa shape index (κ2) is 4.61. The van der Waals surface area contributed by atoms with Crippen LogP contribution in [0.3, 0.4) is 0 Å². The van der Waals surface area contributed by atoms with Gasteiger partial charge in [0.25, 0.3) is 0 Å². The Labute approximate surface area is 107 Å². The largest absolute Gasteiger partial charge is 0.398 e. The predicted octanol–water partition coefficient (Wildman–Crippen LogP) is 3.55. The Hall–Kier alpha value is -1.43. The summed E-state index contributed by atoms with van der Waals surface area (Å²) in [5, 5.41) is 0.980. The predicted molar refractivity (Wildman–Crippen MR) is 78.4 cm³/mol. The number of rotatable bonds is 2. The summed E-state index contributed by atoms with van der Waals surface area (Å²) in [5.41, 5.74) is 9.11. The van der Waals surface area contributed by atoms with E-state index in [2.05, 4.69) is 39.3 Å². The fourth-order valence-electron chi connectivity index (χ4n) is 1.64. The van der Waals surface area contributed by atoms with Crippen molar-refractivity contribution in [1.82, 2.24) is 4.98 Å². The lowest BCUT2D eigenvalue weighted by Gasteiger charge is -2.08. The third-order valence-electron chi connectivity index (χ3n) is 2.33. The summed E-state index contributed by atoms with van der Waals surface area (Å²) >= 11 is 2.15. The molecule has 0 aliphatic carbocycles. The minimum absolute atomic E-state index is 0.691. The molecular weight excluding hydrogens is 313 g/mol. The first-order chi connectivity index (χ1) is 7.77. The van der Waals surface area contributed by atoms with E-state index in [0.29, 0.717) is 5.69 Å². The maximum Gasteiger partial charge on any atom is 0.0978 e. The van der Waals surface area contributed by atoms with Crippen LogP contribution in [0.5, 0.6) is 0 Å². The number of aliphatic imine (C=N–C) groups is 1. The first kappa shape index (κ1) is 11.1. The number of aromatic nitrogens is 1. The van der Waals surface area contributed by atoms with Gasteiger partial charge in [0, 0.05) is 22.8 Å². The highest BCUT2D eigenvalue weighted by Gasteiger charge is 2.08. The Balaban J connectivity index is 2.90. The van der Waals surface area contributed by atoms with Gasteiger partial charge in [-0.2, -0.15) is 0 Å². The van der Waals surface area contributed by atoms with Gasteiger partial charge >= 0.3 is 0 Å². The molecule has 1 aromatic carbocycles. The van der Waals surface area contributed by atoms with Crippen LogP contribution in [0.2, 0.25) is 0 Å². The van der Waals surface area contributed by atoms with Gasteiger partial charge in [0.2, 0.25) is 0 Å². The lowest BCUT2D eigenvalue weighted by molar-refractivity contribution is 1.39. The minimum Gasteiger partial charge on any atom is -0.398 e. The molecule has 0 amide bonds. The van der Waals surface area contributed by atoms with Crippen LogP contribution >= 0.6 is 22.6 Å². The standard InChI is InChI=1S/C12H10IN3/c1-15-12-9(4-5-13)10(14)7-8-3-2-6-16-11(8)12/h2-7H,1,14H2/b5-4-. The zero-order chi connectivity index (χ0) is 11.5. The highest BCUT2D eigenvalue weighted by Crippen LogP contribution is 2.34. The maximum atomic E-state index is 5.98. The molecule has 1 aromatic heterocycles. The van der Waals surface area contributed by atoms with E-state index < -0.39 is 0 Å². The molecule has 2 rings (SSSR count). The smallest absolute Gasteiger partial charge is 0.0978 e. The number of hydrogen-bond acceptors (Lipinski definition) is 3. The number of nitrogen functional groups attached to an aromatic ring is 1. The number of pyridine rings is 1. The fourth-order valence-corrected chi connectivity index (χ4v) is 2.00. The Kier molecular flexibility index (Phi) is 3.19. The van der Waals surface area contributed by atoms with Crippen LogP contribution < -0.4 is 5.73 Å². The summed E-state index contributed by atoms with van der Waals surface area (Å²) in [6.07, 6.45) is 3.65. The molecule has 0 spiro atoms. The topological polar surface area (TPSA) is 51.3 Å². The molecule has 0 saturated heterocycles. The van der Waals surface area contributed by atoms with Crippen molar-refractivity contribution in [2.45, 2.75) is 0 Å². The Bertz CT molecular complexity index is 576. The van der Waals surface area contributed by atoms with E-state index in [4.69, 9.17) is 5.73 Å². The van der Waals surface area contributed by atoms with Crippen LogP contribution in [-0.2, 0) is 0 Å². The first-order valence-electron chi connectivity index (χ1n) is 4.68. The normalized spacial score (nSPS) is 11.1. The van der Waals surface area contributed by atoms with E-state index in [1.807, 2.05) is 28.4 Å². The van der Waals surface area contributed by atoms with Crippen molar-refractivity contribution in [2.75, 3.05) is 5.73 Å². The average molecular weight is 323 g/mol.